The monoisotopic (exact) mass is 285 g/mol. The number of aromatic nitrogens is 2. The number of carbonyl (C=O) groups excluding carboxylic acids is 1. The number of aryl methyl sites for hydroxylation is 1. The van der Waals surface area contributed by atoms with Crippen LogP contribution in [0.3, 0.4) is 0 Å². The van der Waals surface area contributed by atoms with Crippen molar-refractivity contribution in [3.8, 4) is 0 Å². The second-order valence-corrected chi connectivity index (χ2v) is 7.18. The lowest BCUT2D eigenvalue weighted by atomic mass is 10.2. The number of hydrogen-bond donors (Lipinski definition) is 1. The van der Waals surface area contributed by atoms with Gasteiger partial charge in [-0.1, -0.05) is 0 Å². The van der Waals surface area contributed by atoms with Gasteiger partial charge in [-0.25, -0.2) is 8.42 Å². The number of rotatable bonds is 4. The number of H-pyrrole nitrogens is 1. The predicted molar refractivity (Wildman–Crippen MR) is 71.5 cm³/mol. The van der Waals surface area contributed by atoms with Crippen molar-refractivity contribution in [2.75, 3.05) is 18.1 Å². The van der Waals surface area contributed by atoms with Crippen LogP contribution < -0.4 is 0 Å². The van der Waals surface area contributed by atoms with Crippen LogP contribution in [0.1, 0.15) is 24.7 Å². The van der Waals surface area contributed by atoms with E-state index in [9.17, 15) is 13.2 Å². The summed E-state index contributed by atoms with van der Waals surface area (Å²) >= 11 is 0. The number of hydrogen-bond acceptors (Lipinski definition) is 4. The molecule has 1 amide bonds. The summed E-state index contributed by atoms with van der Waals surface area (Å²) in [5.41, 5.74) is 1.61. The van der Waals surface area contributed by atoms with Gasteiger partial charge in [0.15, 0.2) is 9.84 Å². The van der Waals surface area contributed by atoms with Gasteiger partial charge in [-0.3, -0.25) is 9.89 Å². The Kier molecular flexibility index (Phi) is 3.93. The molecule has 0 radical (unpaired) electrons. The summed E-state index contributed by atoms with van der Waals surface area (Å²) in [6, 6.07) is 1.65. The van der Waals surface area contributed by atoms with E-state index in [1.807, 2.05) is 19.9 Å². The highest BCUT2D eigenvalue weighted by Crippen LogP contribution is 2.18. The molecule has 19 heavy (non-hydrogen) atoms. The largest absolute Gasteiger partial charge is 0.339 e. The molecule has 6 nitrogen and oxygen atoms in total. The van der Waals surface area contributed by atoms with E-state index in [2.05, 4.69) is 10.2 Å². The lowest BCUT2D eigenvalue weighted by Gasteiger charge is -2.26. The normalized spacial score (nSPS) is 21.5. The Morgan fingerprint density at radius 3 is 2.79 bits per heavy atom. The van der Waals surface area contributed by atoms with Gasteiger partial charge in [-0.2, -0.15) is 5.10 Å². The van der Waals surface area contributed by atoms with Crippen molar-refractivity contribution in [3.63, 3.8) is 0 Å². The fourth-order valence-electron chi connectivity index (χ4n) is 2.48. The quantitative estimate of drug-likeness (QED) is 0.862. The van der Waals surface area contributed by atoms with Gasteiger partial charge in [0.25, 0.3) is 0 Å². The molecule has 1 aliphatic rings. The van der Waals surface area contributed by atoms with Gasteiger partial charge in [-0.15, -0.1) is 0 Å². The van der Waals surface area contributed by atoms with Crippen molar-refractivity contribution in [1.82, 2.24) is 15.1 Å². The van der Waals surface area contributed by atoms with Gasteiger partial charge in [0.1, 0.15) is 0 Å². The minimum absolute atomic E-state index is 0.0592. The molecule has 2 heterocycles. The van der Waals surface area contributed by atoms with E-state index in [1.54, 1.807) is 4.90 Å². The lowest BCUT2D eigenvalue weighted by molar-refractivity contribution is -0.132. The second-order valence-electron chi connectivity index (χ2n) is 4.96. The van der Waals surface area contributed by atoms with E-state index in [-0.39, 0.29) is 29.9 Å². The first-order chi connectivity index (χ1) is 8.91. The average Bonchev–Trinajstić information content (AvgIpc) is 2.86. The SMILES string of the molecule is CCN(C(=O)Cc1cc(C)[nH]n1)C1CCS(=O)(=O)C1. The van der Waals surface area contributed by atoms with Crippen LogP contribution in [0.5, 0.6) is 0 Å². The Morgan fingerprint density at radius 1 is 1.58 bits per heavy atom. The van der Waals surface area contributed by atoms with Gasteiger partial charge >= 0.3 is 0 Å². The molecule has 0 spiro atoms. The van der Waals surface area contributed by atoms with Crippen LogP contribution in [0.4, 0.5) is 0 Å². The second kappa shape index (κ2) is 5.32. The minimum atomic E-state index is -2.97. The molecular weight excluding hydrogens is 266 g/mol. The molecule has 0 saturated carbocycles. The van der Waals surface area contributed by atoms with Crippen molar-refractivity contribution in [1.29, 1.82) is 0 Å². The van der Waals surface area contributed by atoms with Gasteiger partial charge < -0.3 is 4.90 Å². The Bertz CT molecular complexity index is 565. The smallest absolute Gasteiger partial charge is 0.228 e. The highest BCUT2D eigenvalue weighted by atomic mass is 32.2. The summed E-state index contributed by atoms with van der Waals surface area (Å²) in [5.74, 6) is 0.214. The molecule has 0 bridgehead atoms. The molecule has 1 aromatic rings. The lowest BCUT2D eigenvalue weighted by Crippen LogP contribution is -2.41. The van der Waals surface area contributed by atoms with Crippen molar-refractivity contribution in [2.24, 2.45) is 0 Å². The van der Waals surface area contributed by atoms with Crippen molar-refractivity contribution < 1.29 is 13.2 Å². The number of nitrogens with one attached hydrogen (secondary N) is 1. The summed E-state index contributed by atoms with van der Waals surface area (Å²) in [6.07, 6.45) is 0.760. The topological polar surface area (TPSA) is 83.1 Å². The first-order valence-electron chi connectivity index (χ1n) is 6.42. The zero-order valence-corrected chi connectivity index (χ0v) is 12.0. The summed E-state index contributed by atoms with van der Waals surface area (Å²) < 4.78 is 23.0. The number of amides is 1. The summed E-state index contributed by atoms with van der Waals surface area (Å²) in [7, 11) is -2.97. The molecule has 0 aromatic carbocycles. The van der Waals surface area contributed by atoms with Crippen LogP contribution in [-0.4, -0.2) is 53.5 Å². The third kappa shape index (κ3) is 3.34. The molecule has 0 aliphatic carbocycles. The highest BCUT2D eigenvalue weighted by Gasteiger charge is 2.33. The van der Waals surface area contributed by atoms with E-state index < -0.39 is 9.84 Å². The van der Waals surface area contributed by atoms with E-state index in [4.69, 9.17) is 0 Å². The Morgan fingerprint density at radius 2 is 2.32 bits per heavy atom. The molecule has 1 saturated heterocycles. The Hall–Kier alpha value is -1.37. The van der Waals surface area contributed by atoms with Gasteiger partial charge in [0.2, 0.25) is 5.91 Å². The third-order valence-electron chi connectivity index (χ3n) is 3.40. The minimum Gasteiger partial charge on any atom is -0.339 e. The van der Waals surface area contributed by atoms with E-state index in [0.717, 1.165) is 5.69 Å². The average molecular weight is 285 g/mol. The first kappa shape index (κ1) is 14.0. The Labute approximate surface area is 113 Å². The van der Waals surface area contributed by atoms with Crippen LogP contribution in [0.2, 0.25) is 0 Å². The fraction of sp³-hybridized carbons (Fsp3) is 0.667. The van der Waals surface area contributed by atoms with Crippen molar-refractivity contribution >= 4 is 15.7 Å². The van der Waals surface area contributed by atoms with Crippen LogP contribution in [0, 0.1) is 6.92 Å². The van der Waals surface area contributed by atoms with Crippen LogP contribution >= 0.6 is 0 Å². The molecule has 1 fully saturated rings. The van der Waals surface area contributed by atoms with Gasteiger partial charge in [0.05, 0.1) is 23.6 Å². The van der Waals surface area contributed by atoms with Crippen molar-refractivity contribution in [2.45, 2.75) is 32.7 Å². The first-order valence-corrected chi connectivity index (χ1v) is 8.24. The number of carbonyl (C=O) groups is 1. The molecule has 7 heteroatoms. The summed E-state index contributed by atoms with van der Waals surface area (Å²) in [5, 5.41) is 6.83. The number of nitrogens with zero attached hydrogens (tertiary/aromatic N) is 2. The van der Waals surface area contributed by atoms with E-state index in [0.29, 0.717) is 18.7 Å². The molecule has 2 rings (SSSR count). The molecular formula is C12H19N3O3S. The maximum atomic E-state index is 12.2. The van der Waals surface area contributed by atoms with Crippen LogP contribution in [0.25, 0.3) is 0 Å². The van der Waals surface area contributed by atoms with E-state index in [1.165, 1.54) is 0 Å². The number of sulfone groups is 1. The fourth-order valence-corrected chi connectivity index (χ4v) is 4.21. The standard InChI is InChI=1S/C12H19N3O3S/c1-3-15(11-4-5-19(17,18)8-11)12(16)7-10-6-9(2)13-14-10/h6,11H,3-5,7-8H2,1-2H3,(H,13,14). The third-order valence-corrected chi connectivity index (χ3v) is 5.15. The highest BCUT2D eigenvalue weighted by molar-refractivity contribution is 7.91. The van der Waals surface area contributed by atoms with Crippen LogP contribution in [0.15, 0.2) is 6.07 Å². The van der Waals surface area contributed by atoms with E-state index >= 15 is 0 Å². The maximum absolute atomic E-state index is 12.2. The van der Waals surface area contributed by atoms with Crippen LogP contribution in [-0.2, 0) is 21.1 Å². The molecule has 1 N–H and O–H groups in total. The molecule has 106 valence electrons. The molecule has 1 unspecified atom stereocenters. The maximum Gasteiger partial charge on any atom is 0.228 e. The summed E-state index contributed by atoms with van der Waals surface area (Å²) in [4.78, 5) is 13.9. The van der Waals surface area contributed by atoms with Gasteiger partial charge in [-0.05, 0) is 26.3 Å². The van der Waals surface area contributed by atoms with Gasteiger partial charge in [0, 0.05) is 18.3 Å². The molecule has 1 aromatic heterocycles. The number of likely N-dealkylation sites (N-methyl/N-ethyl adjacent to an activating group) is 1. The molecule has 1 atom stereocenters. The Balaban J connectivity index is 2.03. The predicted octanol–water partition coefficient (Wildman–Crippen LogP) is 0.296. The zero-order chi connectivity index (χ0) is 14.0. The summed E-state index contributed by atoms with van der Waals surface area (Å²) in [6.45, 7) is 4.28. The number of aromatic amines is 1. The van der Waals surface area contributed by atoms with Crippen molar-refractivity contribution in [3.05, 3.63) is 17.5 Å². The zero-order valence-electron chi connectivity index (χ0n) is 11.2. The molecule has 1 aliphatic heterocycles.